The van der Waals surface area contributed by atoms with E-state index in [0.29, 0.717) is 6.42 Å². The molecule has 41 heavy (non-hydrogen) atoms. The van der Waals surface area contributed by atoms with Gasteiger partial charge in [0.05, 0.1) is 25.6 Å². The molecular formula is C30H37N5O6. The second kappa shape index (κ2) is 12.8. The van der Waals surface area contributed by atoms with Crippen LogP contribution < -0.4 is 16.0 Å². The molecule has 2 heterocycles. The number of nitrogens with zero attached hydrogens (tertiary/aromatic N) is 1. The molecule has 0 bridgehead atoms. The number of carbonyl (C=O) groups is 4. The number of aromatic amines is 1. The fourth-order valence-corrected chi connectivity index (χ4v) is 4.98. The number of benzene rings is 2. The van der Waals surface area contributed by atoms with E-state index in [9.17, 15) is 19.2 Å². The van der Waals surface area contributed by atoms with Crippen molar-refractivity contribution in [1.29, 1.82) is 0 Å². The van der Waals surface area contributed by atoms with Crippen LogP contribution in [0.1, 0.15) is 38.3 Å². The number of methoxy groups -OCH3 is 1. The Bertz CT molecular complexity index is 1380. The Hall–Kier alpha value is -4.54. The molecule has 1 fully saturated rings. The monoisotopic (exact) mass is 563 g/mol. The van der Waals surface area contributed by atoms with Crippen LogP contribution in [-0.4, -0.2) is 71.3 Å². The number of hydrogen-bond donors (Lipinski definition) is 4. The lowest BCUT2D eigenvalue weighted by atomic mass is 9.93. The number of esters is 1. The molecule has 11 heteroatoms. The van der Waals surface area contributed by atoms with Crippen LogP contribution >= 0.6 is 0 Å². The minimum absolute atomic E-state index is 0.0537. The normalized spacial score (nSPS) is 17.9. The number of fused-ring (bicyclic) bond motifs is 1. The quantitative estimate of drug-likeness (QED) is 0.310. The van der Waals surface area contributed by atoms with E-state index >= 15 is 0 Å². The molecule has 4 amide bonds. The van der Waals surface area contributed by atoms with Crippen LogP contribution in [0.3, 0.4) is 0 Å². The lowest BCUT2D eigenvalue weighted by molar-refractivity contribution is -0.146. The number of amides is 4. The Kier molecular flexibility index (Phi) is 9.16. The smallest absolute Gasteiger partial charge is 0.407 e. The van der Waals surface area contributed by atoms with Crippen molar-refractivity contribution in [2.24, 2.45) is 0 Å². The molecule has 3 atom stereocenters. The first-order valence-corrected chi connectivity index (χ1v) is 13.5. The van der Waals surface area contributed by atoms with E-state index in [2.05, 4.69) is 20.9 Å². The average molecular weight is 564 g/mol. The molecule has 11 nitrogen and oxygen atoms in total. The van der Waals surface area contributed by atoms with E-state index in [1.165, 1.54) is 12.0 Å². The maximum absolute atomic E-state index is 13.8. The zero-order valence-electron chi connectivity index (χ0n) is 23.7. The minimum atomic E-state index is -1.15. The van der Waals surface area contributed by atoms with Crippen LogP contribution in [0.2, 0.25) is 0 Å². The summed E-state index contributed by atoms with van der Waals surface area (Å²) >= 11 is 0. The number of alkyl carbamates (subject to hydrolysis) is 1. The van der Waals surface area contributed by atoms with Gasteiger partial charge >= 0.3 is 18.1 Å². The van der Waals surface area contributed by atoms with Gasteiger partial charge in [-0.25, -0.2) is 9.59 Å². The molecule has 218 valence electrons. The average Bonchev–Trinajstić information content (AvgIpc) is 3.34. The summed E-state index contributed by atoms with van der Waals surface area (Å²) in [5.74, 6) is -1.12. The molecule has 0 aliphatic carbocycles. The first-order valence-electron chi connectivity index (χ1n) is 13.5. The Balaban J connectivity index is 1.69. The van der Waals surface area contributed by atoms with Gasteiger partial charge in [-0.05, 0) is 44.4 Å². The molecule has 1 aliphatic heterocycles. The van der Waals surface area contributed by atoms with Gasteiger partial charge in [-0.3, -0.25) is 9.59 Å². The van der Waals surface area contributed by atoms with E-state index in [1.54, 1.807) is 20.8 Å². The van der Waals surface area contributed by atoms with Crippen LogP contribution in [0.25, 0.3) is 10.9 Å². The van der Waals surface area contributed by atoms with Crippen LogP contribution in [0.15, 0.2) is 60.8 Å². The predicted molar refractivity (Wildman–Crippen MR) is 153 cm³/mol. The molecule has 3 aromatic rings. The summed E-state index contributed by atoms with van der Waals surface area (Å²) in [4.78, 5) is 56.8. The summed E-state index contributed by atoms with van der Waals surface area (Å²) in [6, 6.07) is 14.0. The Morgan fingerprint density at radius 1 is 1.07 bits per heavy atom. The largest absolute Gasteiger partial charge is 0.469 e. The highest BCUT2D eigenvalue weighted by Gasteiger charge is 2.44. The fraction of sp³-hybridized carbons (Fsp3) is 0.400. The van der Waals surface area contributed by atoms with Gasteiger partial charge in [0.25, 0.3) is 0 Å². The Morgan fingerprint density at radius 3 is 2.49 bits per heavy atom. The number of carbonyl (C=O) groups excluding carboxylic acids is 4. The number of nitrogens with one attached hydrogen (secondary N) is 4. The van der Waals surface area contributed by atoms with Gasteiger partial charge in [-0.2, -0.15) is 0 Å². The first-order chi connectivity index (χ1) is 19.6. The number of piperazine rings is 1. The van der Waals surface area contributed by atoms with Gasteiger partial charge in [-0.1, -0.05) is 48.5 Å². The van der Waals surface area contributed by atoms with E-state index in [4.69, 9.17) is 9.47 Å². The summed E-state index contributed by atoms with van der Waals surface area (Å²) in [6.45, 7) is 5.55. The molecule has 0 spiro atoms. The SMILES string of the molecule is COC(=O)C[C@H]1C(=O)NC[C@H]([C@@H](Cc2c[nH]c3ccccc23)NC(=O)OC(C)(C)C)N1C(=O)NCc1ccccc1. The summed E-state index contributed by atoms with van der Waals surface area (Å²) in [7, 11) is 1.23. The third-order valence-electron chi connectivity index (χ3n) is 6.87. The second-order valence-electron chi connectivity index (χ2n) is 11.0. The molecule has 1 aromatic heterocycles. The molecule has 4 N–H and O–H groups in total. The number of para-hydroxylation sites is 1. The molecule has 1 saturated heterocycles. The van der Waals surface area contributed by atoms with Crippen molar-refractivity contribution in [2.75, 3.05) is 13.7 Å². The Labute approximate surface area is 238 Å². The van der Waals surface area contributed by atoms with Crippen LogP contribution in [0.5, 0.6) is 0 Å². The standard InChI is InChI=1S/C30H37N5O6/c1-30(2,3)41-29(39)34-23(14-20-17-31-22-13-9-8-12-21(20)22)25-18-32-27(37)24(15-26(36)40-4)35(25)28(38)33-16-19-10-6-5-7-11-19/h5-13,17,23-25,31H,14-16,18H2,1-4H3,(H,32,37)(H,33,38)(H,34,39)/t23-,24+,25-/m1/s1. The zero-order valence-corrected chi connectivity index (χ0v) is 23.7. The van der Waals surface area contributed by atoms with Gasteiger partial charge in [0.1, 0.15) is 11.6 Å². The fourth-order valence-electron chi connectivity index (χ4n) is 4.98. The summed E-state index contributed by atoms with van der Waals surface area (Å²) in [5, 5.41) is 9.61. The first kappa shape index (κ1) is 29.4. The summed E-state index contributed by atoms with van der Waals surface area (Å²) < 4.78 is 10.4. The van der Waals surface area contributed by atoms with Gasteiger partial charge in [0.15, 0.2) is 0 Å². The van der Waals surface area contributed by atoms with Crippen molar-refractivity contribution in [2.45, 2.75) is 63.9 Å². The molecule has 2 aromatic carbocycles. The molecule has 0 saturated carbocycles. The van der Waals surface area contributed by atoms with Crippen molar-refractivity contribution in [1.82, 2.24) is 25.8 Å². The van der Waals surface area contributed by atoms with Crippen LogP contribution in [-0.2, 0) is 32.0 Å². The number of aromatic nitrogens is 1. The summed E-state index contributed by atoms with van der Waals surface area (Å²) in [6.07, 6.45) is 1.18. The van der Waals surface area contributed by atoms with E-state index < -0.39 is 47.7 Å². The second-order valence-corrected chi connectivity index (χ2v) is 11.0. The minimum Gasteiger partial charge on any atom is -0.469 e. The highest BCUT2D eigenvalue weighted by atomic mass is 16.6. The highest BCUT2D eigenvalue weighted by molar-refractivity contribution is 5.92. The summed E-state index contributed by atoms with van der Waals surface area (Å²) in [5.41, 5.74) is 1.95. The van der Waals surface area contributed by atoms with Crippen LogP contribution in [0.4, 0.5) is 9.59 Å². The van der Waals surface area contributed by atoms with Gasteiger partial charge in [0, 0.05) is 30.2 Å². The third-order valence-corrected chi connectivity index (χ3v) is 6.87. The Morgan fingerprint density at radius 2 is 1.78 bits per heavy atom. The van der Waals surface area contributed by atoms with Crippen molar-refractivity contribution >= 4 is 34.9 Å². The molecular weight excluding hydrogens is 526 g/mol. The van der Waals surface area contributed by atoms with Crippen LogP contribution in [0, 0.1) is 0 Å². The molecule has 4 rings (SSSR count). The zero-order chi connectivity index (χ0) is 29.6. The third kappa shape index (κ3) is 7.56. The number of rotatable bonds is 8. The topological polar surface area (TPSA) is 142 Å². The highest BCUT2D eigenvalue weighted by Crippen LogP contribution is 2.24. The molecule has 0 unspecified atom stereocenters. The number of H-pyrrole nitrogens is 1. The predicted octanol–water partition coefficient (Wildman–Crippen LogP) is 3.25. The maximum atomic E-state index is 13.8. The lowest BCUT2D eigenvalue weighted by Gasteiger charge is -2.44. The van der Waals surface area contributed by atoms with E-state index in [0.717, 1.165) is 22.0 Å². The number of hydrogen-bond acceptors (Lipinski definition) is 6. The molecule has 1 aliphatic rings. The van der Waals surface area contributed by atoms with Crippen molar-refractivity contribution in [3.05, 3.63) is 71.9 Å². The van der Waals surface area contributed by atoms with Gasteiger partial charge < -0.3 is 35.3 Å². The van der Waals surface area contributed by atoms with Gasteiger partial charge in [0.2, 0.25) is 5.91 Å². The van der Waals surface area contributed by atoms with E-state index in [-0.39, 0.29) is 19.5 Å². The van der Waals surface area contributed by atoms with Crippen molar-refractivity contribution in [3.8, 4) is 0 Å². The van der Waals surface area contributed by atoms with Crippen molar-refractivity contribution in [3.63, 3.8) is 0 Å². The van der Waals surface area contributed by atoms with Gasteiger partial charge in [-0.15, -0.1) is 0 Å². The number of urea groups is 1. The maximum Gasteiger partial charge on any atom is 0.407 e. The lowest BCUT2D eigenvalue weighted by Crippen LogP contribution is -2.69. The molecule has 0 radical (unpaired) electrons. The number of ether oxygens (including phenoxy) is 2. The van der Waals surface area contributed by atoms with E-state index in [1.807, 2.05) is 60.8 Å². The van der Waals surface area contributed by atoms with Crippen molar-refractivity contribution < 1.29 is 28.7 Å².